The number of aromatic hydroxyl groups is 1. The standard InChI is InChI=1S/C12H8FNO3/c13-10-3-1-2-8(6-10)9-4-5-11(14(16)17)12(15)7-9/h1-7,15H. The van der Waals surface area contributed by atoms with Crippen molar-refractivity contribution in [1.82, 2.24) is 0 Å². The Hall–Kier alpha value is -2.43. The van der Waals surface area contributed by atoms with Crippen molar-refractivity contribution in [1.29, 1.82) is 0 Å². The molecule has 0 amide bonds. The molecule has 17 heavy (non-hydrogen) atoms. The van der Waals surface area contributed by atoms with Gasteiger partial charge in [-0.15, -0.1) is 0 Å². The van der Waals surface area contributed by atoms with E-state index in [0.29, 0.717) is 11.1 Å². The Morgan fingerprint density at radius 3 is 2.41 bits per heavy atom. The van der Waals surface area contributed by atoms with Gasteiger partial charge in [-0.2, -0.15) is 0 Å². The van der Waals surface area contributed by atoms with Crippen LogP contribution in [-0.4, -0.2) is 10.0 Å². The van der Waals surface area contributed by atoms with Crippen LogP contribution in [0.3, 0.4) is 0 Å². The van der Waals surface area contributed by atoms with Gasteiger partial charge in [-0.3, -0.25) is 10.1 Å². The van der Waals surface area contributed by atoms with Gasteiger partial charge in [0.15, 0.2) is 5.75 Å². The van der Waals surface area contributed by atoms with E-state index in [0.717, 1.165) is 0 Å². The number of nitro groups is 1. The molecule has 0 spiro atoms. The molecular formula is C12H8FNO3. The van der Waals surface area contributed by atoms with Crippen molar-refractivity contribution in [2.24, 2.45) is 0 Å². The molecule has 2 aromatic rings. The maximum Gasteiger partial charge on any atom is 0.310 e. The molecular weight excluding hydrogens is 225 g/mol. The highest BCUT2D eigenvalue weighted by Gasteiger charge is 2.13. The Labute approximate surface area is 96.1 Å². The van der Waals surface area contributed by atoms with Crippen molar-refractivity contribution in [2.75, 3.05) is 0 Å². The first-order chi connectivity index (χ1) is 8.08. The zero-order valence-electron chi connectivity index (χ0n) is 8.63. The topological polar surface area (TPSA) is 63.4 Å². The lowest BCUT2D eigenvalue weighted by molar-refractivity contribution is -0.385. The quantitative estimate of drug-likeness (QED) is 0.640. The number of hydrogen-bond acceptors (Lipinski definition) is 3. The van der Waals surface area contributed by atoms with Crippen LogP contribution in [0.15, 0.2) is 42.5 Å². The highest BCUT2D eigenvalue weighted by atomic mass is 19.1. The molecule has 0 aliphatic heterocycles. The lowest BCUT2D eigenvalue weighted by Gasteiger charge is -2.03. The van der Waals surface area contributed by atoms with Crippen LogP contribution in [0, 0.1) is 15.9 Å². The van der Waals surface area contributed by atoms with E-state index in [4.69, 9.17) is 0 Å². The molecule has 0 heterocycles. The number of phenols is 1. The van der Waals surface area contributed by atoms with Crippen molar-refractivity contribution in [3.05, 3.63) is 58.4 Å². The van der Waals surface area contributed by atoms with E-state index < -0.39 is 16.5 Å². The van der Waals surface area contributed by atoms with E-state index in [1.165, 1.54) is 36.4 Å². The summed E-state index contributed by atoms with van der Waals surface area (Å²) in [5.41, 5.74) is 0.702. The van der Waals surface area contributed by atoms with Crippen LogP contribution < -0.4 is 0 Å². The fraction of sp³-hybridized carbons (Fsp3) is 0. The van der Waals surface area contributed by atoms with Gasteiger partial charge in [0.25, 0.3) is 0 Å². The molecule has 5 heteroatoms. The number of nitro benzene ring substituents is 1. The minimum absolute atomic E-state index is 0.370. The first-order valence-corrected chi connectivity index (χ1v) is 4.81. The predicted molar refractivity (Wildman–Crippen MR) is 60.2 cm³/mol. The number of rotatable bonds is 2. The van der Waals surface area contributed by atoms with Crippen LogP contribution in [0.2, 0.25) is 0 Å². The van der Waals surface area contributed by atoms with Gasteiger partial charge in [-0.1, -0.05) is 12.1 Å². The molecule has 1 N–H and O–H groups in total. The summed E-state index contributed by atoms with van der Waals surface area (Å²) < 4.78 is 13.0. The summed E-state index contributed by atoms with van der Waals surface area (Å²) in [5, 5.41) is 20.0. The van der Waals surface area contributed by atoms with Crippen molar-refractivity contribution in [3.63, 3.8) is 0 Å². The van der Waals surface area contributed by atoms with E-state index >= 15 is 0 Å². The molecule has 0 aliphatic carbocycles. The first-order valence-electron chi connectivity index (χ1n) is 4.81. The fourth-order valence-corrected chi connectivity index (χ4v) is 1.53. The van der Waals surface area contributed by atoms with Gasteiger partial charge in [-0.05, 0) is 35.4 Å². The van der Waals surface area contributed by atoms with Gasteiger partial charge in [0.1, 0.15) is 5.82 Å². The molecule has 0 aliphatic rings. The van der Waals surface area contributed by atoms with Crippen molar-refractivity contribution < 1.29 is 14.4 Å². The summed E-state index contributed by atoms with van der Waals surface area (Å²) >= 11 is 0. The third-order valence-electron chi connectivity index (χ3n) is 2.33. The Morgan fingerprint density at radius 1 is 1.12 bits per heavy atom. The number of nitrogens with zero attached hydrogens (tertiary/aromatic N) is 1. The highest BCUT2D eigenvalue weighted by molar-refractivity contribution is 5.68. The average molecular weight is 233 g/mol. The third kappa shape index (κ3) is 2.23. The van der Waals surface area contributed by atoms with Crippen molar-refractivity contribution in [2.45, 2.75) is 0 Å². The van der Waals surface area contributed by atoms with Crippen LogP contribution in [-0.2, 0) is 0 Å². The normalized spacial score (nSPS) is 10.2. The van der Waals surface area contributed by atoms with E-state index in [9.17, 15) is 19.6 Å². The summed E-state index contributed by atoms with van der Waals surface area (Å²) in [6, 6.07) is 9.68. The monoisotopic (exact) mass is 233 g/mol. The second-order valence-electron chi connectivity index (χ2n) is 3.47. The van der Waals surface area contributed by atoms with Crippen LogP contribution in [0.25, 0.3) is 11.1 Å². The molecule has 86 valence electrons. The minimum atomic E-state index is -0.676. The van der Waals surface area contributed by atoms with Gasteiger partial charge >= 0.3 is 5.69 Å². The van der Waals surface area contributed by atoms with Gasteiger partial charge in [-0.25, -0.2) is 4.39 Å². The molecule has 0 saturated heterocycles. The number of benzene rings is 2. The smallest absolute Gasteiger partial charge is 0.310 e. The molecule has 0 radical (unpaired) electrons. The highest BCUT2D eigenvalue weighted by Crippen LogP contribution is 2.31. The van der Waals surface area contributed by atoms with Crippen molar-refractivity contribution in [3.8, 4) is 16.9 Å². The lowest BCUT2D eigenvalue weighted by Crippen LogP contribution is -1.89. The molecule has 0 saturated carbocycles. The van der Waals surface area contributed by atoms with Gasteiger partial charge in [0.2, 0.25) is 0 Å². The molecule has 0 bridgehead atoms. The molecule has 0 unspecified atom stereocenters. The Morgan fingerprint density at radius 2 is 1.82 bits per heavy atom. The lowest BCUT2D eigenvalue weighted by atomic mass is 10.0. The summed E-state index contributed by atoms with van der Waals surface area (Å²) in [5.74, 6) is -0.836. The number of hydrogen-bond donors (Lipinski definition) is 1. The molecule has 2 aromatic carbocycles. The average Bonchev–Trinajstić information content (AvgIpc) is 2.28. The third-order valence-corrected chi connectivity index (χ3v) is 2.33. The summed E-state index contributed by atoms with van der Waals surface area (Å²) in [6.07, 6.45) is 0. The maximum atomic E-state index is 13.0. The zero-order chi connectivity index (χ0) is 12.4. The van der Waals surface area contributed by atoms with Crippen LogP contribution in [0.4, 0.5) is 10.1 Å². The van der Waals surface area contributed by atoms with Crippen LogP contribution in [0.5, 0.6) is 5.75 Å². The predicted octanol–water partition coefficient (Wildman–Crippen LogP) is 3.11. The Balaban J connectivity index is 2.48. The molecule has 0 fully saturated rings. The molecule has 4 nitrogen and oxygen atoms in total. The van der Waals surface area contributed by atoms with E-state index in [1.54, 1.807) is 6.07 Å². The van der Waals surface area contributed by atoms with Crippen LogP contribution in [0.1, 0.15) is 0 Å². The SMILES string of the molecule is O=[N+]([O-])c1ccc(-c2cccc(F)c2)cc1O. The first kappa shape index (κ1) is 11.1. The van der Waals surface area contributed by atoms with E-state index in [-0.39, 0.29) is 5.69 Å². The van der Waals surface area contributed by atoms with Gasteiger partial charge < -0.3 is 5.11 Å². The fourth-order valence-electron chi connectivity index (χ4n) is 1.53. The van der Waals surface area contributed by atoms with E-state index in [2.05, 4.69) is 0 Å². The largest absolute Gasteiger partial charge is 0.502 e. The minimum Gasteiger partial charge on any atom is -0.502 e. The Bertz CT molecular complexity index is 584. The second kappa shape index (κ2) is 4.21. The molecule has 2 rings (SSSR count). The molecule has 0 aromatic heterocycles. The summed E-state index contributed by atoms with van der Waals surface area (Å²) in [7, 11) is 0. The zero-order valence-corrected chi connectivity index (χ0v) is 8.63. The van der Waals surface area contributed by atoms with Crippen LogP contribution >= 0.6 is 0 Å². The molecule has 0 atom stereocenters. The summed E-state index contributed by atoms with van der Waals surface area (Å²) in [4.78, 5) is 9.83. The van der Waals surface area contributed by atoms with Gasteiger partial charge in [0.05, 0.1) is 4.92 Å². The number of phenolic OH excluding ortho intramolecular Hbond substituents is 1. The number of halogens is 1. The van der Waals surface area contributed by atoms with Gasteiger partial charge in [0, 0.05) is 6.07 Å². The summed E-state index contributed by atoms with van der Waals surface area (Å²) in [6.45, 7) is 0. The second-order valence-corrected chi connectivity index (χ2v) is 3.47. The van der Waals surface area contributed by atoms with Crippen molar-refractivity contribution >= 4 is 5.69 Å². The van der Waals surface area contributed by atoms with E-state index in [1.807, 2.05) is 0 Å². The Kier molecular flexibility index (Phi) is 2.74. The maximum absolute atomic E-state index is 13.0.